The first-order valence-corrected chi connectivity index (χ1v) is 7.98. The van der Waals surface area contributed by atoms with Gasteiger partial charge in [0.2, 0.25) is 0 Å². The molecular weight excluding hydrogens is 349 g/mol. The Morgan fingerprint density at radius 3 is 2.35 bits per heavy atom. The first-order valence-electron chi connectivity index (χ1n) is 7.98. The van der Waals surface area contributed by atoms with E-state index in [0.29, 0.717) is 11.4 Å². The molecule has 0 amide bonds. The second-order valence-corrected chi connectivity index (χ2v) is 6.34. The zero-order valence-electron chi connectivity index (χ0n) is 14.6. The van der Waals surface area contributed by atoms with Crippen molar-refractivity contribution in [1.29, 1.82) is 0 Å². The highest BCUT2D eigenvalue weighted by Gasteiger charge is 2.33. The normalized spacial score (nSPS) is 12.1. The topological polar surface area (TPSA) is 61.2 Å². The summed E-state index contributed by atoms with van der Waals surface area (Å²) in [6.07, 6.45) is -2.32. The molecule has 0 radical (unpaired) electrons. The van der Waals surface area contributed by atoms with Crippen LogP contribution in [0.1, 0.15) is 48.8 Å². The molecule has 0 atom stereocenters. The quantitative estimate of drug-likeness (QED) is 0.572. The maximum atomic E-state index is 12.8. The molecule has 26 heavy (non-hydrogen) atoms. The van der Waals surface area contributed by atoms with Crippen molar-refractivity contribution in [3.05, 3.63) is 47.3 Å². The molecule has 0 saturated carbocycles. The molecule has 0 spiro atoms. The lowest BCUT2D eigenvalue weighted by Gasteiger charge is -2.25. The molecule has 1 aromatic heterocycles. The van der Waals surface area contributed by atoms with E-state index >= 15 is 0 Å². The summed E-state index contributed by atoms with van der Waals surface area (Å²) < 4.78 is 44.7. The summed E-state index contributed by atoms with van der Waals surface area (Å²) in [4.78, 5) is 23.3. The number of aromatic nitrogens is 2. The number of halogens is 3. The smallest absolute Gasteiger partial charge is 0.416 e. The Balaban J connectivity index is 2.58. The molecule has 0 saturated heterocycles. The molecule has 0 aliphatic rings. The van der Waals surface area contributed by atoms with Crippen LogP contribution in [0.5, 0.6) is 0 Å². The molecule has 2 aromatic rings. The summed E-state index contributed by atoms with van der Waals surface area (Å²) in [6.45, 7) is 5.33. The highest BCUT2D eigenvalue weighted by molar-refractivity contribution is 5.91. The van der Waals surface area contributed by atoms with Crippen LogP contribution < -0.4 is 0 Å². The van der Waals surface area contributed by atoms with Gasteiger partial charge in [0.25, 0.3) is 0 Å². The number of carbonyl (C=O) groups excluding carboxylic acids is 2. The van der Waals surface area contributed by atoms with Gasteiger partial charge in [0.05, 0.1) is 29.7 Å². The van der Waals surface area contributed by atoms with E-state index in [1.807, 2.05) is 0 Å². The molecular formula is C18H19F3N2O3. The first kappa shape index (κ1) is 19.7. The van der Waals surface area contributed by atoms with E-state index in [0.717, 1.165) is 18.4 Å². The number of hydrogen-bond acceptors (Lipinski definition) is 4. The summed E-state index contributed by atoms with van der Waals surface area (Å²) in [5.41, 5.74) is -0.625. The van der Waals surface area contributed by atoms with Crippen LogP contribution in [0.4, 0.5) is 13.2 Å². The number of esters is 1. The Labute approximate surface area is 148 Å². The predicted molar refractivity (Wildman–Crippen MR) is 88.2 cm³/mol. The lowest BCUT2D eigenvalue weighted by Crippen LogP contribution is -2.25. The second-order valence-electron chi connectivity index (χ2n) is 6.34. The third-order valence-corrected chi connectivity index (χ3v) is 3.94. The van der Waals surface area contributed by atoms with Crippen molar-refractivity contribution in [3.63, 3.8) is 0 Å². The minimum Gasteiger partial charge on any atom is -0.462 e. The van der Waals surface area contributed by atoms with Gasteiger partial charge in [-0.1, -0.05) is 13.8 Å². The van der Waals surface area contributed by atoms with Crippen LogP contribution in [-0.4, -0.2) is 28.6 Å². The van der Waals surface area contributed by atoms with E-state index in [1.54, 1.807) is 20.8 Å². The number of carbonyl (C=O) groups is 2. The second kappa shape index (κ2) is 7.31. The average molecular weight is 368 g/mol. The van der Waals surface area contributed by atoms with Crippen molar-refractivity contribution in [2.75, 3.05) is 6.61 Å². The summed E-state index contributed by atoms with van der Waals surface area (Å²) >= 11 is 0. The van der Waals surface area contributed by atoms with Crippen molar-refractivity contribution >= 4 is 12.3 Å². The third-order valence-electron chi connectivity index (χ3n) is 3.94. The molecule has 0 fully saturated rings. The van der Waals surface area contributed by atoms with E-state index in [4.69, 9.17) is 4.74 Å². The van der Waals surface area contributed by atoms with Crippen LogP contribution in [0.2, 0.25) is 0 Å². The lowest BCUT2D eigenvalue weighted by molar-refractivity contribution is -0.137. The highest BCUT2D eigenvalue weighted by atomic mass is 19.4. The number of benzene rings is 1. The number of alkyl halides is 3. The van der Waals surface area contributed by atoms with Crippen LogP contribution in [0.25, 0.3) is 5.69 Å². The van der Waals surface area contributed by atoms with Crippen LogP contribution in [-0.2, 0) is 21.1 Å². The molecule has 0 bridgehead atoms. The zero-order valence-corrected chi connectivity index (χ0v) is 14.6. The fraction of sp³-hybridized carbons (Fsp3) is 0.389. The van der Waals surface area contributed by atoms with Gasteiger partial charge < -0.3 is 9.53 Å². The lowest BCUT2D eigenvalue weighted by atomic mass is 9.83. The monoisotopic (exact) mass is 368 g/mol. The summed E-state index contributed by atoms with van der Waals surface area (Å²) in [7, 11) is 0. The SMILES string of the molecule is CCOC(=O)c1cnn(-c2ccc(C(F)(F)F)cc2)c1C(C)(C)CC=O. The number of hydrogen-bond donors (Lipinski definition) is 0. The maximum absolute atomic E-state index is 12.8. The standard InChI is InChI=1S/C18H19F3N2O3/c1-4-26-16(25)14-11-22-23(15(14)17(2,3)9-10-24)13-7-5-12(6-8-13)18(19,20)21/h5-8,10-11H,4,9H2,1-3H3. The van der Waals surface area contributed by atoms with Crippen molar-refractivity contribution in [2.24, 2.45) is 0 Å². The van der Waals surface area contributed by atoms with Crippen molar-refractivity contribution in [2.45, 2.75) is 38.8 Å². The Hall–Kier alpha value is -2.64. The van der Waals surface area contributed by atoms with E-state index in [-0.39, 0.29) is 18.6 Å². The Bertz CT molecular complexity index is 793. The third kappa shape index (κ3) is 3.95. The van der Waals surface area contributed by atoms with Crippen molar-refractivity contribution in [3.8, 4) is 5.69 Å². The predicted octanol–water partition coefficient (Wildman–Crippen LogP) is 3.93. The van der Waals surface area contributed by atoms with E-state index < -0.39 is 23.1 Å². The molecule has 0 N–H and O–H groups in total. The summed E-state index contributed by atoms with van der Waals surface area (Å²) in [6, 6.07) is 4.42. The minimum atomic E-state index is -4.45. The molecule has 0 aliphatic heterocycles. The zero-order chi connectivity index (χ0) is 19.5. The molecule has 1 aromatic carbocycles. The molecule has 0 aliphatic carbocycles. The molecule has 5 nitrogen and oxygen atoms in total. The Kier molecular flexibility index (Phi) is 5.53. The van der Waals surface area contributed by atoms with Crippen LogP contribution in [0, 0.1) is 0 Å². The van der Waals surface area contributed by atoms with Gasteiger partial charge in [0, 0.05) is 11.8 Å². The molecule has 0 unspecified atom stereocenters. The fourth-order valence-corrected chi connectivity index (χ4v) is 2.65. The van der Waals surface area contributed by atoms with E-state index in [2.05, 4.69) is 5.10 Å². The number of ether oxygens (including phenoxy) is 1. The highest BCUT2D eigenvalue weighted by Crippen LogP contribution is 2.33. The molecule has 2 rings (SSSR count). The summed E-state index contributed by atoms with van der Waals surface area (Å²) in [5, 5.41) is 4.15. The van der Waals surface area contributed by atoms with Crippen molar-refractivity contribution < 1.29 is 27.5 Å². The molecule has 140 valence electrons. The van der Waals surface area contributed by atoms with Gasteiger partial charge in [-0.15, -0.1) is 0 Å². The fourth-order valence-electron chi connectivity index (χ4n) is 2.65. The van der Waals surface area contributed by atoms with Gasteiger partial charge in [0.1, 0.15) is 11.8 Å². The average Bonchev–Trinajstić information content (AvgIpc) is 3.00. The van der Waals surface area contributed by atoms with E-state index in [9.17, 15) is 22.8 Å². The van der Waals surface area contributed by atoms with Crippen LogP contribution >= 0.6 is 0 Å². The first-order chi connectivity index (χ1) is 12.1. The van der Waals surface area contributed by atoms with Gasteiger partial charge in [0.15, 0.2) is 0 Å². The largest absolute Gasteiger partial charge is 0.462 e. The Morgan fingerprint density at radius 1 is 1.23 bits per heavy atom. The summed E-state index contributed by atoms with van der Waals surface area (Å²) in [5.74, 6) is -0.598. The van der Waals surface area contributed by atoms with Gasteiger partial charge in [-0.2, -0.15) is 18.3 Å². The van der Waals surface area contributed by atoms with Crippen LogP contribution in [0.15, 0.2) is 30.5 Å². The minimum absolute atomic E-state index is 0.103. The van der Waals surface area contributed by atoms with Crippen LogP contribution in [0.3, 0.4) is 0 Å². The van der Waals surface area contributed by atoms with E-state index in [1.165, 1.54) is 23.0 Å². The molecule has 8 heteroatoms. The molecule has 1 heterocycles. The van der Waals surface area contributed by atoms with Gasteiger partial charge in [-0.3, -0.25) is 0 Å². The number of rotatable bonds is 6. The van der Waals surface area contributed by atoms with Gasteiger partial charge in [-0.25, -0.2) is 9.48 Å². The maximum Gasteiger partial charge on any atom is 0.416 e. The van der Waals surface area contributed by atoms with Crippen molar-refractivity contribution in [1.82, 2.24) is 9.78 Å². The van der Waals surface area contributed by atoms with Gasteiger partial charge in [-0.05, 0) is 31.2 Å². The Morgan fingerprint density at radius 2 is 1.85 bits per heavy atom. The van der Waals surface area contributed by atoms with Gasteiger partial charge >= 0.3 is 12.1 Å². The number of aldehydes is 1. The number of nitrogens with zero attached hydrogens (tertiary/aromatic N) is 2.